The molecule has 2 bridgehead atoms. The topological polar surface area (TPSA) is 89.2 Å². The summed E-state index contributed by atoms with van der Waals surface area (Å²) in [5.41, 5.74) is 2.13. The molecule has 0 spiro atoms. The van der Waals surface area contributed by atoms with Crippen molar-refractivity contribution in [1.29, 1.82) is 0 Å². The monoisotopic (exact) mass is 378 g/mol. The number of halogens is 1. The molecule has 26 heavy (non-hydrogen) atoms. The average Bonchev–Trinajstić information content (AvgIpc) is 2.94. The SMILES string of the molecule is Cc1noc(C)c1C(=O)NC[C@H]1[C@@H]2CNC[C@@H](C2)c2cccc(=O)n21.Cl. The first-order valence-corrected chi connectivity index (χ1v) is 8.69. The third kappa shape index (κ3) is 3.05. The van der Waals surface area contributed by atoms with Gasteiger partial charge in [0.2, 0.25) is 0 Å². The Morgan fingerprint density at radius 3 is 2.92 bits per heavy atom. The Hall–Kier alpha value is -2.12. The number of rotatable bonds is 3. The van der Waals surface area contributed by atoms with E-state index < -0.39 is 0 Å². The first-order chi connectivity index (χ1) is 12.1. The number of nitrogens with zero attached hydrogens (tertiary/aromatic N) is 2. The molecule has 0 radical (unpaired) electrons. The number of amides is 1. The largest absolute Gasteiger partial charge is 0.361 e. The molecule has 0 saturated carbocycles. The van der Waals surface area contributed by atoms with Crippen LogP contribution < -0.4 is 16.2 Å². The molecule has 140 valence electrons. The van der Waals surface area contributed by atoms with Crippen LogP contribution in [-0.2, 0) is 0 Å². The number of aryl methyl sites for hydroxylation is 2. The quantitative estimate of drug-likeness (QED) is 0.845. The maximum Gasteiger partial charge on any atom is 0.256 e. The van der Waals surface area contributed by atoms with Gasteiger partial charge in [-0.25, -0.2) is 0 Å². The van der Waals surface area contributed by atoms with Gasteiger partial charge in [0.1, 0.15) is 11.3 Å². The van der Waals surface area contributed by atoms with Crippen molar-refractivity contribution in [1.82, 2.24) is 20.4 Å². The highest BCUT2D eigenvalue weighted by Gasteiger charge is 2.37. The number of carbonyl (C=O) groups is 1. The Labute approximate surface area is 157 Å². The fourth-order valence-electron chi connectivity index (χ4n) is 4.26. The van der Waals surface area contributed by atoms with E-state index in [2.05, 4.69) is 15.8 Å². The van der Waals surface area contributed by atoms with Gasteiger partial charge in [-0.3, -0.25) is 9.59 Å². The Kier molecular flexibility index (Phi) is 5.20. The lowest BCUT2D eigenvalue weighted by atomic mass is 9.79. The van der Waals surface area contributed by atoms with Crippen molar-refractivity contribution in [3.63, 3.8) is 0 Å². The molecule has 2 aromatic heterocycles. The summed E-state index contributed by atoms with van der Waals surface area (Å²) in [5, 5.41) is 10.3. The molecule has 3 atom stereocenters. The normalized spacial score (nSPS) is 23.7. The van der Waals surface area contributed by atoms with E-state index in [1.54, 1.807) is 19.9 Å². The number of pyridine rings is 1. The molecular formula is C18H23ClN4O3. The molecule has 4 heterocycles. The Balaban J connectivity index is 0.00000196. The van der Waals surface area contributed by atoms with E-state index >= 15 is 0 Å². The summed E-state index contributed by atoms with van der Waals surface area (Å²) in [7, 11) is 0. The molecule has 0 unspecified atom stereocenters. The number of aromatic nitrogens is 2. The van der Waals surface area contributed by atoms with E-state index in [1.807, 2.05) is 16.7 Å². The first-order valence-electron chi connectivity index (χ1n) is 8.69. The third-order valence-electron chi connectivity index (χ3n) is 5.43. The van der Waals surface area contributed by atoms with Crippen molar-refractivity contribution in [2.45, 2.75) is 32.2 Å². The second-order valence-corrected chi connectivity index (χ2v) is 6.99. The molecule has 2 N–H and O–H groups in total. The van der Waals surface area contributed by atoms with Gasteiger partial charge in [-0.05, 0) is 32.3 Å². The van der Waals surface area contributed by atoms with E-state index in [0.29, 0.717) is 35.4 Å². The lowest BCUT2D eigenvalue weighted by Gasteiger charge is -2.43. The summed E-state index contributed by atoms with van der Waals surface area (Å²) in [4.78, 5) is 25.0. The number of piperidine rings is 1. The molecule has 1 saturated heterocycles. The molecule has 1 fully saturated rings. The van der Waals surface area contributed by atoms with Gasteiger partial charge in [-0.2, -0.15) is 0 Å². The second-order valence-electron chi connectivity index (χ2n) is 6.99. The Morgan fingerprint density at radius 2 is 2.19 bits per heavy atom. The minimum Gasteiger partial charge on any atom is -0.361 e. The van der Waals surface area contributed by atoms with Crippen LogP contribution in [0.5, 0.6) is 0 Å². The minimum atomic E-state index is -0.201. The van der Waals surface area contributed by atoms with Gasteiger partial charge in [-0.15, -0.1) is 12.4 Å². The predicted octanol–water partition coefficient (Wildman–Crippen LogP) is 1.55. The highest BCUT2D eigenvalue weighted by Crippen LogP contribution is 2.38. The maximum atomic E-state index is 12.5. The van der Waals surface area contributed by atoms with Gasteiger partial charge in [0.15, 0.2) is 0 Å². The average molecular weight is 379 g/mol. The predicted molar refractivity (Wildman–Crippen MR) is 99.0 cm³/mol. The molecule has 8 heteroatoms. The van der Waals surface area contributed by atoms with Crippen molar-refractivity contribution in [2.75, 3.05) is 19.6 Å². The minimum absolute atomic E-state index is 0. The molecule has 0 aromatic carbocycles. The molecule has 4 rings (SSSR count). The fourth-order valence-corrected chi connectivity index (χ4v) is 4.26. The van der Waals surface area contributed by atoms with E-state index in [4.69, 9.17) is 4.52 Å². The van der Waals surface area contributed by atoms with Gasteiger partial charge in [-0.1, -0.05) is 11.2 Å². The van der Waals surface area contributed by atoms with E-state index in [-0.39, 0.29) is 29.9 Å². The maximum absolute atomic E-state index is 12.5. The first kappa shape index (κ1) is 18.7. The van der Waals surface area contributed by atoms with Crippen molar-refractivity contribution in [2.24, 2.45) is 5.92 Å². The lowest BCUT2D eigenvalue weighted by molar-refractivity contribution is 0.0930. The molecule has 0 aliphatic carbocycles. The summed E-state index contributed by atoms with van der Waals surface area (Å²) < 4.78 is 6.96. The number of carbonyl (C=O) groups excluding carboxylic acids is 1. The molecule has 1 amide bonds. The number of nitrogens with one attached hydrogen (secondary N) is 2. The molecule has 2 aliphatic rings. The van der Waals surface area contributed by atoms with Crippen LogP contribution in [0, 0.1) is 19.8 Å². The Bertz CT molecular complexity index is 856. The third-order valence-corrected chi connectivity index (χ3v) is 5.43. The summed E-state index contributed by atoms with van der Waals surface area (Å²) in [6, 6.07) is 5.40. The van der Waals surface area contributed by atoms with Crippen LogP contribution in [0.25, 0.3) is 0 Å². The highest BCUT2D eigenvalue weighted by molar-refractivity contribution is 5.96. The van der Waals surface area contributed by atoms with Crippen molar-refractivity contribution in [3.8, 4) is 0 Å². The smallest absolute Gasteiger partial charge is 0.256 e. The van der Waals surface area contributed by atoms with Gasteiger partial charge in [0.05, 0.1) is 11.7 Å². The van der Waals surface area contributed by atoms with Crippen LogP contribution in [0.3, 0.4) is 0 Å². The van der Waals surface area contributed by atoms with Crippen LogP contribution in [0.1, 0.15) is 45.9 Å². The zero-order valence-electron chi connectivity index (χ0n) is 14.8. The number of fused-ring (bicyclic) bond motifs is 4. The van der Waals surface area contributed by atoms with Crippen LogP contribution in [0.2, 0.25) is 0 Å². The standard InChI is InChI=1S/C18H22N4O3.ClH/c1-10-17(11(2)25-21-10)18(24)20-9-15-13-6-12(7-19-8-13)14-4-3-5-16(23)22(14)15;/h3-5,12-13,15,19H,6-9H2,1-2H3,(H,20,24);1H/t12-,13+,15+;/m1./s1. The summed E-state index contributed by atoms with van der Waals surface area (Å²) in [6.45, 7) is 5.66. The van der Waals surface area contributed by atoms with Crippen LogP contribution in [0.4, 0.5) is 0 Å². The van der Waals surface area contributed by atoms with Crippen molar-refractivity contribution >= 4 is 18.3 Å². The Morgan fingerprint density at radius 1 is 1.38 bits per heavy atom. The summed E-state index contributed by atoms with van der Waals surface area (Å²) >= 11 is 0. The van der Waals surface area contributed by atoms with E-state index in [1.165, 1.54) is 0 Å². The molecular weight excluding hydrogens is 356 g/mol. The molecule has 7 nitrogen and oxygen atoms in total. The van der Waals surface area contributed by atoms with Crippen molar-refractivity contribution < 1.29 is 9.32 Å². The number of hydrogen-bond acceptors (Lipinski definition) is 5. The zero-order chi connectivity index (χ0) is 17.6. The fraction of sp³-hybridized carbons (Fsp3) is 0.500. The van der Waals surface area contributed by atoms with Gasteiger partial charge < -0.3 is 19.7 Å². The molecule has 2 aromatic rings. The molecule has 2 aliphatic heterocycles. The summed E-state index contributed by atoms with van der Waals surface area (Å²) in [5.74, 6) is 1.00. The lowest BCUT2D eigenvalue weighted by Crippen LogP contribution is -2.50. The zero-order valence-corrected chi connectivity index (χ0v) is 15.6. The second kappa shape index (κ2) is 7.25. The van der Waals surface area contributed by atoms with Crippen molar-refractivity contribution in [3.05, 3.63) is 51.3 Å². The van der Waals surface area contributed by atoms with Crippen LogP contribution in [0.15, 0.2) is 27.5 Å². The van der Waals surface area contributed by atoms with Gasteiger partial charge >= 0.3 is 0 Å². The number of hydrogen-bond donors (Lipinski definition) is 2. The van der Waals surface area contributed by atoms with E-state index in [0.717, 1.165) is 25.2 Å². The van der Waals surface area contributed by atoms with Crippen LogP contribution in [-0.4, -0.2) is 35.3 Å². The van der Waals surface area contributed by atoms with Gasteiger partial charge in [0.25, 0.3) is 11.5 Å². The summed E-state index contributed by atoms with van der Waals surface area (Å²) in [6.07, 6.45) is 1.04. The van der Waals surface area contributed by atoms with E-state index in [9.17, 15) is 9.59 Å². The van der Waals surface area contributed by atoms with Crippen LogP contribution >= 0.6 is 12.4 Å². The highest BCUT2D eigenvalue weighted by atomic mass is 35.5. The van der Waals surface area contributed by atoms with Gasteiger partial charge in [0, 0.05) is 37.3 Å².